The van der Waals surface area contributed by atoms with E-state index >= 15 is 0 Å². The fourth-order valence-electron chi connectivity index (χ4n) is 3.04. The third-order valence-electron chi connectivity index (χ3n) is 4.19. The van der Waals surface area contributed by atoms with Crippen molar-refractivity contribution >= 4 is 17.4 Å². The SMILES string of the molecule is Cc1nnsc1C(=O)N1Cc2nnc(-c3ccccc3)n2[C@@H](C)C1. The van der Waals surface area contributed by atoms with Gasteiger partial charge in [-0.1, -0.05) is 34.8 Å². The highest BCUT2D eigenvalue weighted by Crippen LogP contribution is 2.28. The van der Waals surface area contributed by atoms with Gasteiger partial charge in [-0.05, 0) is 25.4 Å². The first-order valence-electron chi connectivity index (χ1n) is 7.72. The van der Waals surface area contributed by atoms with Crippen LogP contribution in [-0.2, 0) is 6.54 Å². The number of rotatable bonds is 2. The molecule has 4 rings (SSSR count). The maximum Gasteiger partial charge on any atom is 0.267 e. The van der Waals surface area contributed by atoms with Crippen molar-refractivity contribution in [2.24, 2.45) is 0 Å². The Morgan fingerprint density at radius 1 is 1.21 bits per heavy atom. The summed E-state index contributed by atoms with van der Waals surface area (Å²) in [6.45, 7) is 4.94. The van der Waals surface area contributed by atoms with Gasteiger partial charge in [-0.2, -0.15) is 0 Å². The van der Waals surface area contributed by atoms with E-state index in [2.05, 4.69) is 31.3 Å². The Hall–Kier alpha value is -2.61. The first kappa shape index (κ1) is 14.9. The van der Waals surface area contributed by atoms with Gasteiger partial charge >= 0.3 is 0 Å². The van der Waals surface area contributed by atoms with Crippen molar-refractivity contribution in [1.82, 2.24) is 29.3 Å². The molecule has 3 heterocycles. The largest absolute Gasteiger partial charge is 0.328 e. The van der Waals surface area contributed by atoms with E-state index in [1.54, 1.807) is 11.8 Å². The summed E-state index contributed by atoms with van der Waals surface area (Å²) in [4.78, 5) is 15.1. The van der Waals surface area contributed by atoms with Gasteiger partial charge in [0.15, 0.2) is 11.6 Å². The minimum absolute atomic E-state index is 0.0372. The number of aryl methyl sites for hydroxylation is 1. The topological polar surface area (TPSA) is 76.8 Å². The van der Waals surface area contributed by atoms with Crippen molar-refractivity contribution in [1.29, 1.82) is 0 Å². The molecule has 0 aliphatic carbocycles. The third kappa shape index (κ3) is 2.39. The molecule has 3 aromatic rings. The number of carbonyl (C=O) groups excluding carboxylic acids is 1. The number of hydrogen-bond acceptors (Lipinski definition) is 6. The fourth-order valence-corrected chi connectivity index (χ4v) is 3.67. The molecule has 1 aromatic carbocycles. The van der Waals surface area contributed by atoms with Crippen molar-refractivity contribution in [3.05, 3.63) is 46.7 Å². The van der Waals surface area contributed by atoms with Crippen LogP contribution in [0.5, 0.6) is 0 Å². The lowest BCUT2D eigenvalue weighted by Gasteiger charge is -2.32. The Bertz CT molecular complexity index is 887. The minimum Gasteiger partial charge on any atom is -0.328 e. The Balaban J connectivity index is 1.66. The molecule has 8 heteroatoms. The van der Waals surface area contributed by atoms with E-state index in [4.69, 9.17) is 0 Å². The first-order valence-corrected chi connectivity index (χ1v) is 8.50. The predicted octanol–water partition coefficient (Wildman–Crippen LogP) is 2.32. The third-order valence-corrected chi connectivity index (χ3v) is 5.00. The summed E-state index contributed by atoms with van der Waals surface area (Å²) in [6, 6.07) is 10.1. The molecule has 0 bridgehead atoms. The molecule has 0 saturated carbocycles. The van der Waals surface area contributed by atoms with E-state index in [-0.39, 0.29) is 11.9 Å². The molecule has 1 aliphatic rings. The molecule has 7 nitrogen and oxygen atoms in total. The number of amides is 1. The van der Waals surface area contributed by atoms with E-state index in [0.717, 1.165) is 28.7 Å². The van der Waals surface area contributed by atoms with Crippen molar-refractivity contribution in [2.75, 3.05) is 6.54 Å². The van der Waals surface area contributed by atoms with E-state index in [1.165, 1.54) is 0 Å². The molecule has 24 heavy (non-hydrogen) atoms. The Morgan fingerprint density at radius 3 is 2.71 bits per heavy atom. The normalized spacial score (nSPS) is 16.9. The van der Waals surface area contributed by atoms with Crippen LogP contribution in [-0.4, -0.2) is 41.7 Å². The van der Waals surface area contributed by atoms with Crippen LogP contribution in [0.4, 0.5) is 0 Å². The van der Waals surface area contributed by atoms with Crippen LogP contribution >= 0.6 is 11.5 Å². The van der Waals surface area contributed by atoms with Crippen LogP contribution in [0.15, 0.2) is 30.3 Å². The number of benzene rings is 1. The lowest BCUT2D eigenvalue weighted by atomic mass is 10.1. The molecule has 2 aromatic heterocycles. The van der Waals surface area contributed by atoms with Gasteiger partial charge in [0.25, 0.3) is 5.91 Å². The fraction of sp³-hybridized carbons (Fsp3) is 0.312. The minimum atomic E-state index is -0.0372. The van der Waals surface area contributed by atoms with Gasteiger partial charge in [-0.25, -0.2) is 0 Å². The number of nitrogens with zero attached hydrogens (tertiary/aromatic N) is 6. The van der Waals surface area contributed by atoms with Gasteiger partial charge in [0.1, 0.15) is 4.88 Å². The van der Waals surface area contributed by atoms with Crippen LogP contribution < -0.4 is 0 Å². The molecule has 122 valence electrons. The molecule has 0 fully saturated rings. The Morgan fingerprint density at radius 2 is 2.00 bits per heavy atom. The van der Waals surface area contributed by atoms with Crippen molar-refractivity contribution < 1.29 is 4.79 Å². The average molecular weight is 340 g/mol. The van der Waals surface area contributed by atoms with Crippen LogP contribution in [0.2, 0.25) is 0 Å². The monoisotopic (exact) mass is 340 g/mol. The van der Waals surface area contributed by atoms with E-state index in [1.807, 2.05) is 30.3 Å². The molecular formula is C16H16N6OS. The highest BCUT2D eigenvalue weighted by molar-refractivity contribution is 7.07. The standard InChI is InChI=1S/C16H16N6OS/c1-10-8-21(16(23)14-11(2)17-20-24-14)9-13-18-19-15(22(10)13)12-6-4-3-5-7-12/h3-7,10H,8-9H2,1-2H3/t10-/m0/s1. The highest BCUT2D eigenvalue weighted by Gasteiger charge is 2.31. The first-order chi connectivity index (χ1) is 11.6. The molecule has 0 N–H and O–H groups in total. The summed E-state index contributed by atoms with van der Waals surface area (Å²) in [5, 5.41) is 12.6. The molecule has 0 radical (unpaired) electrons. The van der Waals surface area contributed by atoms with Gasteiger partial charge in [0.2, 0.25) is 0 Å². The van der Waals surface area contributed by atoms with Gasteiger partial charge in [-0.3, -0.25) is 4.79 Å². The van der Waals surface area contributed by atoms with E-state index in [0.29, 0.717) is 23.7 Å². The van der Waals surface area contributed by atoms with E-state index in [9.17, 15) is 4.79 Å². The van der Waals surface area contributed by atoms with Gasteiger partial charge in [-0.15, -0.1) is 15.3 Å². The summed E-state index contributed by atoms with van der Waals surface area (Å²) in [5.74, 6) is 1.61. The number of fused-ring (bicyclic) bond motifs is 1. The maximum atomic E-state index is 12.7. The quantitative estimate of drug-likeness (QED) is 0.715. The zero-order chi connectivity index (χ0) is 16.7. The van der Waals surface area contributed by atoms with Crippen molar-refractivity contribution in [3.63, 3.8) is 0 Å². The summed E-state index contributed by atoms with van der Waals surface area (Å²) in [6.07, 6.45) is 0. The van der Waals surface area contributed by atoms with E-state index < -0.39 is 0 Å². The summed E-state index contributed by atoms with van der Waals surface area (Å²) in [5.41, 5.74) is 1.71. The molecule has 1 amide bonds. The van der Waals surface area contributed by atoms with Crippen molar-refractivity contribution in [3.8, 4) is 11.4 Å². The zero-order valence-corrected chi connectivity index (χ0v) is 14.2. The van der Waals surface area contributed by atoms with Crippen LogP contribution in [0.3, 0.4) is 0 Å². The van der Waals surface area contributed by atoms with Crippen LogP contribution in [0, 0.1) is 6.92 Å². The highest BCUT2D eigenvalue weighted by atomic mass is 32.1. The molecule has 1 aliphatic heterocycles. The molecule has 0 saturated heterocycles. The van der Waals surface area contributed by atoms with Crippen molar-refractivity contribution in [2.45, 2.75) is 26.4 Å². The number of aromatic nitrogens is 5. The lowest BCUT2D eigenvalue weighted by molar-refractivity contribution is 0.0686. The molecule has 0 unspecified atom stereocenters. The number of carbonyl (C=O) groups is 1. The summed E-state index contributed by atoms with van der Waals surface area (Å²) < 4.78 is 5.98. The second-order valence-electron chi connectivity index (χ2n) is 5.90. The van der Waals surface area contributed by atoms with Gasteiger partial charge in [0.05, 0.1) is 18.3 Å². The lowest BCUT2D eigenvalue weighted by Crippen LogP contribution is -2.40. The number of hydrogen-bond donors (Lipinski definition) is 0. The van der Waals surface area contributed by atoms with Crippen LogP contribution in [0.25, 0.3) is 11.4 Å². The second kappa shape index (κ2) is 5.79. The van der Waals surface area contributed by atoms with Gasteiger partial charge < -0.3 is 9.47 Å². The molecular weight excluding hydrogens is 324 g/mol. The summed E-state index contributed by atoms with van der Waals surface area (Å²) in [7, 11) is 0. The Labute approximate surface area is 143 Å². The molecule has 0 spiro atoms. The predicted molar refractivity (Wildman–Crippen MR) is 89.6 cm³/mol. The molecule has 1 atom stereocenters. The van der Waals surface area contributed by atoms with Gasteiger partial charge in [0, 0.05) is 12.1 Å². The maximum absolute atomic E-state index is 12.7. The smallest absolute Gasteiger partial charge is 0.267 e. The zero-order valence-electron chi connectivity index (χ0n) is 13.4. The Kier molecular flexibility index (Phi) is 3.61. The van der Waals surface area contributed by atoms with Crippen LogP contribution in [0.1, 0.15) is 34.2 Å². The summed E-state index contributed by atoms with van der Waals surface area (Å²) >= 11 is 1.14. The average Bonchev–Trinajstić information content (AvgIpc) is 3.21. The second-order valence-corrected chi connectivity index (χ2v) is 6.65.